The Labute approximate surface area is 112 Å². The van der Waals surface area contributed by atoms with Crippen LogP contribution in [0.4, 0.5) is 0 Å². The van der Waals surface area contributed by atoms with Crippen molar-refractivity contribution in [2.24, 2.45) is 0 Å². The zero-order valence-electron chi connectivity index (χ0n) is 12.4. The number of morpholine rings is 1. The van der Waals surface area contributed by atoms with Crippen LogP contribution in [0, 0.1) is 0 Å². The molecule has 0 amide bonds. The molecule has 2 N–H and O–H groups in total. The summed E-state index contributed by atoms with van der Waals surface area (Å²) >= 11 is 0. The number of hydrogen-bond donors (Lipinski definition) is 2. The van der Waals surface area contributed by atoms with Crippen molar-refractivity contribution in [1.29, 1.82) is 0 Å². The number of ether oxygens (including phenoxy) is 1. The molecule has 1 fully saturated rings. The lowest BCUT2D eigenvalue weighted by atomic mass is 9.96. The largest absolute Gasteiger partial charge is 0.394 e. The van der Waals surface area contributed by atoms with Gasteiger partial charge in [-0.05, 0) is 46.7 Å². The Morgan fingerprint density at radius 2 is 1.94 bits per heavy atom. The summed E-state index contributed by atoms with van der Waals surface area (Å²) in [6.07, 6.45) is 2.81. The van der Waals surface area contributed by atoms with Crippen molar-refractivity contribution in [3.05, 3.63) is 0 Å². The molecule has 18 heavy (non-hydrogen) atoms. The molecule has 1 heterocycles. The van der Waals surface area contributed by atoms with Crippen molar-refractivity contribution in [3.8, 4) is 0 Å². The lowest BCUT2D eigenvalue weighted by Gasteiger charge is -2.36. The highest BCUT2D eigenvalue weighted by Gasteiger charge is 2.24. The smallest absolute Gasteiger partial charge is 0.0678 e. The quantitative estimate of drug-likeness (QED) is 0.721. The molecule has 1 aliphatic rings. The maximum absolute atomic E-state index is 9.44. The van der Waals surface area contributed by atoms with Crippen LogP contribution in [0.2, 0.25) is 0 Å². The molecule has 0 aromatic rings. The highest BCUT2D eigenvalue weighted by Crippen LogP contribution is 2.15. The Balaban J connectivity index is 2.27. The molecule has 1 aliphatic heterocycles. The van der Waals surface area contributed by atoms with Gasteiger partial charge in [-0.1, -0.05) is 6.92 Å². The third kappa shape index (κ3) is 5.22. The Morgan fingerprint density at radius 3 is 2.44 bits per heavy atom. The van der Waals surface area contributed by atoms with Crippen LogP contribution >= 0.6 is 0 Å². The number of nitrogens with one attached hydrogen (secondary N) is 1. The number of hydrogen-bond acceptors (Lipinski definition) is 4. The van der Waals surface area contributed by atoms with Crippen molar-refractivity contribution in [2.45, 2.75) is 58.3 Å². The number of nitrogens with zero attached hydrogens (tertiary/aromatic N) is 1. The van der Waals surface area contributed by atoms with E-state index in [1.165, 1.54) is 0 Å². The van der Waals surface area contributed by atoms with Gasteiger partial charge in [-0.15, -0.1) is 0 Å². The molecule has 4 nitrogen and oxygen atoms in total. The molecule has 3 atom stereocenters. The average Bonchev–Trinajstić information content (AvgIpc) is 2.28. The molecule has 0 radical (unpaired) electrons. The second-order valence-electron chi connectivity index (χ2n) is 5.87. The SMILES string of the molecule is CCNC(C)(CO)CCCN1C[C@@H](C)O[C@@H](C)C1. The molecule has 0 aromatic carbocycles. The molecule has 108 valence electrons. The number of aliphatic hydroxyl groups is 1. The van der Waals surface area contributed by atoms with Gasteiger partial charge < -0.3 is 15.2 Å². The van der Waals surface area contributed by atoms with Gasteiger partial charge in [0.15, 0.2) is 0 Å². The van der Waals surface area contributed by atoms with E-state index in [1.807, 2.05) is 0 Å². The summed E-state index contributed by atoms with van der Waals surface area (Å²) < 4.78 is 5.73. The zero-order chi connectivity index (χ0) is 13.6. The predicted octanol–water partition coefficient (Wildman–Crippen LogP) is 1.24. The van der Waals surface area contributed by atoms with Gasteiger partial charge in [0.25, 0.3) is 0 Å². The molecule has 4 heteroatoms. The van der Waals surface area contributed by atoms with E-state index in [2.05, 4.69) is 37.9 Å². The van der Waals surface area contributed by atoms with Gasteiger partial charge in [-0.2, -0.15) is 0 Å². The second kappa shape index (κ2) is 7.43. The van der Waals surface area contributed by atoms with Gasteiger partial charge in [0.1, 0.15) is 0 Å². The molecule has 0 saturated carbocycles. The molecule has 1 unspecified atom stereocenters. The van der Waals surface area contributed by atoms with Crippen LogP contribution in [0.1, 0.15) is 40.5 Å². The van der Waals surface area contributed by atoms with E-state index in [4.69, 9.17) is 4.74 Å². The van der Waals surface area contributed by atoms with Crippen molar-refractivity contribution >= 4 is 0 Å². The summed E-state index contributed by atoms with van der Waals surface area (Å²) in [6.45, 7) is 12.7. The third-order valence-corrected chi connectivity index (χ3v) is 3.65. The van der Waals surface area contributed by atoms with Crippen molar-refractivity contribution in [1.82, 2.24) is 10.2 Å². The molecule has 0 aliphatic carbocycles. The lowest BCUT2D eigenvalue weighted by molar-refractivity contribution is -0.0685. The topological polar surface area (TPSA) is 44.7 Å². The summed E-state index contributed by atoms with van der Waals surface area (Å²) in [5, 5.41) is 12.8. The van der Waals surface area contributed by atoms with Gasteiger partial charge in [0.05, 0.1) is 18.8 Å². The van der Waals surface area contributed by atoms with Crippen molar-refractivity contribution < 1.29 is 9.84 Å². The maximum Gasteiger partial charge on any atom is 0.0678 e. The first-order valence-corrected chi connectivity index (χ1v) is 7.23. The van der Waals surface area contributed by atoms with Gasteiger partial charge >= 0.3 is 0 Å². The highest BCUT2D eigenvalue weighted by atomic mass is 16.5. The van der Waals surface area contributed by atoms with Crippen molar-refractivity contribution in [3.63, 3.8) is 0 Å². The van der Waals surface area contributed by atoms with Gasteiger partial charge in [-0.3, -0.25) is 4.90 Å². The zero-order valence-corrected chi connectivity index (χ0v) is 12.4. The molecular formula is C14H30N2O2. The lowest BCUT2D eigenvalue weighted by Crippen LogP contribution is -2.48. The van der Waals surface area contributed by atoms with E-state index >= 15 is 0 Å². The first-order chi connectivity index (χ1) is 8.49. The van der Waals surface area contributed by atoms with Gasteiger partial charge in [0, 0.05) is 18.6 Å². The first kappa shape index (κ1) is 15.9. The Hall–Kier alpha value is -0.160. The average molecular weight is 258 g/mol. The van der Waals surface area contributed by atoms with Crippen LogP contribution < -0.4 is 5.32 Å². The maximum atomic E-state index is 9.44. The minimum atomic E-state index is -0.127. The van der Waals surface area contributed by atoms with E-state index in [0.29, 0.717) is 12.2 Å². The molecule has 0 bridgehead atoms. The summed E-state index contributed by atoms with van der Waals surface area (Å²) in [7, 11) is 0. The van der Waals surface area contributed by atoms with E-state index in [9.17, 15) is 5.11 Å². The third-order valence-electron chi connectivity index (χ3n) is 3.65. The molecular weight excluding hydrogens is 228 g/mol. The van der Waals surface area contributed by atoms with E-state index < -0.39 is 0 Å². The normalized spacial score (nSPS) is 29.2. The van der Waals surface area contributed by atoms with Crippen LogP contribution in [-0.4, -0.2) is 60.5 Å². The molecule has 1 rings (SSSR count). The second-order valence-corrected chi connectivity index (χ2v) is 5.87. The van der Waals surface area contributed by atoms with E-state index in [1.54, 1.807) is 0 Å². The summed E-state index contributed by atoms with van der Waals surface area (Å²) in [4.78, 5) is 2.47. The van der Waals surface area contributed by atoms with E-state index in [0.717, 1.165) is 39.0 Å². The molecule has 1 saturated heterocycles. The Kier molecular flexibility index (Phi) is 6.57. The fourth-order valence-electron chi connectivity index (χ4n) is 2.81. The van der Waals surface area contributed by atoms with Crippen LogP contribution in [0.15, 0.2) is 0 Å². The fourth-order valence-corrected chi connectivity index (χ4v) is 2.81. The summed E-state index contributed by atoms with van der Waals surface area (Å²) in [6, 6.07) is 0. The predicted molar refractivity (Wildman–Crippen MR) is 74.9 cm³/mol. The highest BCUT2D eigenvalue weighted by molar-refractivity contribution is 4.82. The number of rotatable bonds is 7. The van der Waals surface area contributed by atoms with Gasteiger partial charge in [0.2, 0.25) is 0 Å². The van der Waals surface area contributed by atoms with Crippen LogP contribution in [0.5, 0.6) is 0 Å². The summed E-state index contributed by atoms with van der Waals surface area (Å²) in [5.74, 6) is 0. The first-order valence-electron chi connectivity index (χ1n) is 7.23. The van der Waals surface area contributed by atoms with Gasteiger partial charge in [-0.25, -0.2) is 0 Å². The van der Waals surface area contributed by atoms with Crippen LogP contribution in [-0.2, 0) is 4.74 Å². The Bertz CT molecular complexity index is 228. The van der Waals surface area contributed by atoms with Crippen LogP contribution in [0.25, 0.3) is 0 Å². The molecule has 0 spiro atoms. The minimum absolute atomic E-state index is 0.127. The monoisotopic (exact) mass is 258 g/mol. The number of aliphatic hydroxyl groups excluding tert-OH is 1. The summed E-state index contributed by atoms with van der Waals surface area (Å²) in [5.41, 5.74) is -0.127. The fraction of sp³-hybridized carbons (Fsp3) is 1.00. The van der Waals surface area contributed by atoms with Crippen molar-refractivity contribution in [2.75, 3.05) is 32.8 Å². The minimum Gasteiger partial charge on any atom is -0.394 e. The standard InChI is InChI=1S/C14H30N2O2/c1-5-15-14(4,11-17)7-6-8-16-9-12(2)18-13(3)10-16/h12-13,15,17H,5-11H2,1-4H3/t12-,13+,14?. The number of likely N-dealkylation sites (N-methyl/N-ethyl adjacent to an activating group) is 1. The molecule has 0 aromatic heterocycles. The van der Waals surface area contributed by atoms with Crippen LogP contribution in [0.3, 0.4) is 0 Å². The van der Waals surface area contributed by atoms with E-state index in [-0.39, 0.29) is 12.1 Å². The Morgan fingerprint density at radius 1 is 1.33 bits per heavy atom.